The summed E-state index contributed by atoms with van der Waals surface area (Å²) in [6.45, 7) is 0.264. The predicted molar refractivity (Wildman–Crippen MR) is 56.8 cm³/mol. The fraction of sp³-hybridized carbons (Fsp3) is 0.100. The molecule has 0 atom stereocenters. The van der Waals surface area contributed by atoms with Gasteiger partial charge in [0.1, 0.15) is 11.4 Å². The number of rotatable bonds is 3. The van der Waals surface area contributed by atoms with Crippen molar-refractivity contribution in [3.05, 3.63) is 52.5 Å². The van der Waals surface area contributed by atoms with Crippen LogP contribution in [0.2, 0.25) is 0 Å². The molecule has 0 aliphatic carbocycles. The smallest absolute Gasteiger partial charge is 0.260 e. The molecule has 1 amide bonds. The Morgan fingerprint density at radius 2 is 2.25 bits per heavy atom. The summed E-state index contributed by atoms with van der Waals surface area (Å²) in [5.74, 6) is 0.221. The van der Waals surface area contributed by atoms with Gasteiger partial charge in [0.2, 0.25) is 0 Å². The zero-order chi connectivity index (χ0) is 11.4. The highest BCUT2D eigenvalue weighted by Gasteiger charge is 2.08. The summed E-state index contributed by atoms with van der Waals surface area (Å²) in [5, 5.41) is 2.59. The molecule has 6 heteroatoms. The average molecular weight is 218 g/mol. The van der Waals surface area contributed by atoms with Gasteiger partial charge in [-0.3, -0.25) is 9.59 Å². The number of imidazole rings is 1. The summed E-state index contributed by atoms with van der Waals surface area (Å²) in [6.07, 6.45) is 4.74. The minimum absolute atomic E-state index is 0.0917. The van der Waals surface area contributed by atoms with Crippen LogP contribution in [0.25, 0.3) is 0 Å². The minimum Gasteiger partial charge on any atom is -0.347 e. The topological polar surface area (TPSA) is 90.6 Å². The average Bonchev–Trinajstić information content (AvgIpc) is 2.79. The van der Waals surface area contributed by atoms with E-state index in [1.54, 1.807) is 18.5 Å². The van der Waals surface area contributed by atoms with Crippen LogP contribution in [0, 0.1) is 0 Å². The van der Waals surface area contributed by atoms with Crippen molar-refractivity contribution in [2.45, 2.75) is 6.54 Å². The van der Waals surface area contributed by atoms with Gasteiger partial charge in [-0.2, -0.15) is 0 Å². The van der Waals surface area contributed by atoms with Gasteiger partial charge < -0.3 is 15.3 Å². The number of nitrogens with one attached hydrogen (secondary N) is 3. The monoisotopic (exact) mass is 218 g/mol. The molecular weight excluding hydrogens is 208 g/mol. The zero-order valence-corrected chi connectivity index (χ0v) is 8.36. The van der Waals surface area contributed by atoms with Crippen LogP contribution in [0.1, 0.15) is 16.2 Å². The molecule has 0 radical (unpaired) electrons. The van der Waals surface area contributed by atoms with E-state index in [1.807, 2.05) is 0 Å². The number of hydrogen-bond donors (Lipinski definition) is 3. The Morgan fingerprint density at radius 3 is 2.94 bits per heavy atom. The maximum Gasteiger partial charge on any atom is 0.260 e. The highest BCUT2D eigenvalue weighted by molar-refractivity contribution is 5.93. The van der Waals surface area contributed by atoms with Crippen molar-refractivity contribution >= 4 is 5.91 Å². The second-order valence-electron chi connectivity index (χ2n) is 3.13. The van der Waals surface area contributed by atoms with Crippen LogP contribution in [0.4, 0.5) is 0 Å². The molecule has 0 fully saturated rings. The van der Waals surface area contributed by atoms with Crippen LogP contribution in [0.15, 0.2) is 35.5 Å². The lowest BCUT2D eigenvalue weighted by Crippen LogP contribution is -2.29. The van der Waals surface area contributed by atoms with Crippen LogP contribution < -0.4 is 10.9 Å². The summed E-state index contributed by atoms with van der Waals surface area (Å²) in [5.41, 5.74) is -0.312. The SMILES string of the molecule is O=C(NCc1ncc[nH]1)c1ccc[nH]c1=O. The number of aromatic amines is 2. The van der Waals surface area contributed by atoms with Crippen LogP contribution >= 0.6 is 0 Å². The highest BCUT2D eigenvalue weighted by atomic mass is 16.2. The summed E-state index contributed by atoms with van der Waals surface area (Å²) >= 11 is 0. The number of amides is 1. The third-order valence-electron chi connectivity index (χ3n) is 2.03. The quantitative estimate of drug-likeness (QED) is 0.678. The lowest BCUT2D eigenvalue weighted by atomic mass is 10.2. The van der Waals surface area contributed by atoms with Crippen LogP contribution in [-0.4, -0.2) is 20.9 Å². The Kier molecular flexibility index (Phi) is 2.81. The molecule has 3 N–H and O–H groups in total. The molecule has 0 spiro atoms. The van der Waals surface area contributed by atoms with Crippen molar-refractivity contribution in [2.24, 2.45) is 0 Å². The van der Waals surface area contributed by atoms with E-state index in [4.69, 9.17) is 0 Å². The molecule has 0 aliphatic rings. The van der Waals surface area contributed by atoms with E-state index in [0.717, 1.165) is 0 Å². The highest BCUT2D eigenvalue weighted by Crippen LogP contribution is 1.91. The summed E-state index contributed by atoms with van der Waals surface area (Å²) in [4.78, 5) is 32.1. The zero-order valence-electron chi connectivity index (χ0n) is 8.36. The van der Waals surface area contributed by atoms with Gasteiger partial charge >= 0.3 is 0 Å². The van der Waals surface area contributed by atoms with Crippen molar-refractivity contribution < 1.29 is 4.79 Å². The van der Waals surface area contributed by atoms with Gasteiger partial charge in [-0.15, -0.1) is 0 Å². The van der Waals surface area contributed by atoms with Gasteiger partial charge in [-0.1, -0.05) is 0 Å². The summed E-state index contributed by atoms with van der Waals surface area (Å²) in [7, 11) is 0. The number of carbonyl (C=O) groups excluding carboxylic acids is 1. The molecule has 2 rings (SSSR count). The second-order valence-corrected chi connectivity index (χ2v) is 3.13. The molecule has 82 valence electrons. The predicted octanol–water partition coefficient (Wildman–Crippen LogP) is 0.0280. The molecule has 2 heterocycles. The van der Waals surface area contributed by atoms with Gasteiger partial charge in [-0.05, 0) is 12.1 Å². The van der Waals surface area contributed by atoms with Crippen LogP contribution in [0.3, 0.4) is 0 Å². The van der Waals surface area contributed by atoms with Gasteiger partial charge in [0.05, 0.1) is 6.54 Å². The molecular formula is C10H10N4O2. The van der Waals surface area contributed by atoms with Gasteiger partial charge in [-0.25, -0.2) is 4.98 Å². The first kappa shape index (κ1) is 10.2. The van der Waals surface area contributed by atoms with Crippen molar-refractivity contribution in [1.29, 1.82) is 0 Å². The summed E-state index contributed by atoms with van der Waals surface area (Å²) in [6, 6.07) is 3.07. The Balaban J connectivity index is 2.04. The summed E-state index contributed by atoms with van der Waals surface area (Å²) < 4.78 is 0. The first-order valence-electron chi connectivity index (χ1n) is 4.71. The van der Waals surface area contributed by atoms with E-state index >= 15 is 0 Å². The standard InChI is InChI=1S/C10H10N4O2/c15-9-7(2-1-3-13-9)10(16)14-6-8-11-4-5-12-8/h1-5H,6H2,(H,11,12)(H,13,15)(H,14,16). The Morgan fingerprint density at radius 1 is 1.38 bits per heavy atom. The molecule has 16 heavy (non-hydrogen) atoms. The maximum atomic E-state index is 11.6. The second kappa shape index (κ2) is 4.43. The van der Waals surface area contributed by atoms with E-state index in [2.05, 4.69) is 20.3 Å². The molecule has 2 aromatic heterocycles. The lowest BCUT2D eigenvalue weighted by Gasteiger charge is -2.01. The van der Waals surface area contributed by atoms with E-state index in [0.29, 0.717) is 5.82 Å². The molecule has 0 bridgehead atoms. The van der Waals surface area contributed by atoms with Crippen molar-refractivity contribution in [1.82, 2.24) is 20.3 Å². The Labute approximate surface area is 90.7 Å². The van der Waals surface area contributed by atoms with Crippen molar-refractivity contribution in [3.63, 3.8) is 0 Å². The maximum absolute atomic E-state index is 11.6. The van der Waals surface area contributed by atoms with Crippen LogP contribution in [0.5, 0.6) is 0 Å². The minimum atomic E-state index is -0.418. The number of nitrogens with zero attached hydrogens (tertiary/aromatic N) is 1. The number of aromatic nitrogens is 3. The first-order chi connectivity index (χ1) is 7.77. The number of hydrogen-bond acceptors (Lipinski definition) is 3. The third kappa shape index (κ3) is 2.17. The molecule has 2 aromatic rings. The number of carbonyl (C=O) groups is 1. The Bertz CT molecular complexity index is 530. The molecule has 0 unspecified atom stereocenters. The molecule has 0 saturated carbocycles. The normalized spacial score (nSPS) is 10.0. The number of pyridine rings is 1. The van der Waals surface area contributed by atoms with Crippen molar-refractivity contribution in [2.75, 3.05) is 0 Å². The van der Waals surface area contributed by atoms with E-state index in [1.165, 1.54) is 12.3 Å². The molecule has 0 aromatic carbocycles. The number of H-pyrrole nitrogens is 2. The van der Waals surface area contributed by atoms with Gasteiger partial charge in [0, 0.05) is 18.6 Å². The fourth-order valence-corrected chi connectivity index (χ4v) is 1.25. The largest absolute Gasteiger partial charge is 0.347 e. The first-order valence-corrected chi connectivity index (χ1v) is 4.71. The molecule has 0 saturated heterocycles. The van der Waals surface area contributed by atoms with Gasteiger partial charge in [0.25, 0.3) is 11.5 Å². The van der Waals surface area contributed by atoms with Crippen LogP contribution in [-0.2, 0) is 6.54 Å². The van der Waals surface area contributed by atoms with E-state index in [9.17, 15) is 9.59 Å². The van der Waals surface area contributed by atoms with E-state index < -0.39 is 11.5 Å². The van der Waals surface area contributed by atoms with Gasteiger partial charge in [0.15, 0.2) is 0 Å². The lowest BCUT2D eigenvalue weighted by molar-refractivity contribution is 0.0948. The van der Waals surface area contributed by atoms with E-state index in [-0.39, 0.29) is 12.1 Å². The Hall–Kier alpha value is -2.37. The molecule has 0 aliphatic heterocycles. The third-order valence-corrected chi connectivity index (χ3v) is 2.03. The fourth-order valence-electron chi connectivity index (χ4n) is 1.25. The van der Waals surface area contributed by atoms with Crippen molar-refractivity contribution in [3.8, 4) is 0 Å². The molecule has 6 nitrogen and oxygen atoms in total.